The molecule has 0 aliphatic heterocycles. The lowest BCUT2D eigenvalue weighted by Gasteiger charge is -1.97. The second-order valence-corrected chi connectivity index (χ2v) is 4.17. The number of furan rings is 1. The van der Waals surface area contributed by atoms with E-state index >= 15 is 0 Å². The molecular formula is C11H10INO2. The van der Waals surface area contributed by atoms with E-state index in [1.54, 1.807) is 6.07 Å². The predicted octanol–water partition coefficient (Wildman–Crippen LogP) is 2.60. The van der Waals surface area contributed by atoms with Crippen LogP contribution in [0.1, 0.15) is 10.6 Å². The summed E-state index contributed by atoms with van der Waals surface area (Å²) < 4.78 is 6.30. The number of carbonyl (C=O) groups excluding carboxylic acids is 1. The number of alkyl halides is 1. The first-order valence-electron chi connectivity index (χ1n) is 4.64. The number of fused-ring (bicyclic) bond motifs is 1. The maximum absolute atomic E-state index is 11.6. The second-order valence-electron chi connectivity index (χ2n) is 3.09. The van der Waals surface area contributed by atoms with Gasteiger partial charge in [0.05, 0.1) is 0 Å². The molecule has 1 N–H and O–H groups in total. The van der Waals surface area contributed by atoms with Gasteiger partial charge in [0.1, 0.15) is 5.58 Å². The third-order valence-electron chi connectivity index (χ3n) is 2.03. The van der Waals surface area contributed by atoms with Gasteiger partial charge in [0.2, 0.25) is 0 Å². The van der Waals surface area contributed by atoms with Gasteiger partial charge in [0.25, 0.3) is 5.91 Å². The van der Waals surface area contributed by atoms with Crippen molar-refractivity contribution in [2.24, 2.45) is 0 Å². The van der Waals surface area contributed by atoms with Gasteiger partial charge >= 0.3 is 0 Å². The Morgan fingerprint density at radius 1 is 1.40 bits per heavy atom. The Morgan fingerprint density at radius 3 is 2.93 bits per heavy atom. The molecule has 0 saturated heterocycles. The predicted molar refractivity (Wildman–Crippen MR) is 67.4 cm³/mol. The van der Waals surface area contributed by atoms with Crippen molar-refractivity contribution >= 4 is 39.5 Å². The molecule has 15 heavy (non-hydrogen) atoms. The summed E-state index contributed by atoms with van der Waals surface area (Å²) in [5.74, 6) is 0.226. The second kappa shape index (κ2) is 4.65. The van der Waals surface area contributed by atoms with Crippen LogP contribution in [0.3, 0.4) is 0 Å². The molecule has 2 aromatic rings. The van der Waals surface area contributed by atoms with Crippen LogP contribution < -0.4 is 5.32 Å². The Balaban J connectivity index is 2.25. The fourth-order valence-electron chi connectivity index (χ4n) is 1.34. The van der Waals surface area contributed by atoms with E-state index < -0.39 is 0 Å². The average molecular weight is 315 g/mol. The molecule has 1 heterocycles. The number of benzene rings is 1. The lowest BCUT2D eigenvalue weighted by Crippen LogP contribution is -2.24. The molecule has 78 valence electrons. The Hall–Kier alpha value is -1.04. The standard InChI is InChI=1S/C11H10INO2/c12-5-6-13-11(14)10-7-8-3-1-2-4-9(8)15-10/h1-4,7H,5-6H2,(H,13,14). The molecule has 1 aromatic carbocycles. The fraction of sp³-hybridized carbons (Fsp3) is 0.182. The SMILES string of the molecule is O=C(NCCI)c1cc2ccccc2o1. The smallest absolute Gasteiger partial charge is 0.287 e. The third kappa shape index (κ3) is 2.31. The van der Waals surface area contributed by atoms with Crippen LogP contribution in [0.25, 0.3) is 11.0 Å². The van der Waals surface area contributed by atoms with Gasteiger partial charge in [-0.2, -0.15) is 0 Å². The molecule has 0 saturated carbocycles. The number of para-hydroxylation sites is 1. The lowest BCUT2D eigenvalue weighted by molar-refractivity contribution is 0.0931. The van der Waals surface area contributed by atoms with Gasteiger partial charge in [-0.05, 0) is 12.1 Å². The monoisotopic (exact) mass is 315 g/mol. The van der Waals surface area contributed by atoms with E-state index in [9.17, 15) is 4.79 Å². The van der Waals surface area contributed by atoms with Crippen LogP contribution >= 0.6 is 22.6 Å². The van der Waals surface area contributed by atoms with Crippen molar-refractivity contribution in [2.45, 2.75) is 0 Å². The van der Waals surface area contributed by atoms with Gasteiger partial charge in [-0.15, -0.1) is 0 Å². The zero-order chi connectivity index (χ0) is 10.7. The van der Waals surface area contributed by atoms with E-state index in [1.165, 1.54) is 0 Å². The van der Waals surface area contributed by atoms with Crippen molar-refractivity contribution in [2.75, 3.05) is 11.0 Å². The summed E-state index contributed by atoms with van der Waals surface area (Å²) in [6, 6.07) is 9.35. The van der Waals surface area contributed by atoms with Crippen LogP contribution in [-0.4, -0.2) is 16.9 Å². The highest BCUT2D eigenvalue weighted by molar-refractivity contribution is 14.1. The van der Waals surface area contributed by atoms with Crippen LogP contribution in [0, 0.1) is 0 Å². The number of hydrogen-bond acceptors (Lipinski definition) is 2. The normalized spacial score (nSPS) is 10.5. The van der Waals surface area contributed by atoms with Crippen LogP contribution in [0.2, 0.25) is 0 Å². The molecule has 4 heteroatoms. The summed E-state index contributed by atoms with van der Waals surface area (Å²) >= 11 is 2.21. The zero-order valence-corrected chi connectivity index (χ0v) is 10.2. The van der Waals surface area contributed by atoms with Gasteiger partial charge in [0, 0.05) is 16.4 Å². The summed E-state index contributed by atoms with van der Waals surface area (Å²) in [6.45, 7) is 0.663. The lowest BCUT2D eigenvalue weighted by atomic mass is 10.2. The Morgan fingerprint density at radius 2 is 2.20 bits per heavy atom. The molecule has 2 rings (SSSR count). The fourth-order valence-corrected chi connectivity index (χ4v) is 1.61. The first-order chi connectivity index (χ1) is 7.31. The van der Waals surface area contributed by atoms with Crippen molar-refractivity contribution in [3.05, 3.63) is 36.1 Å². The van der Waals surface area contributed by atoms with Gasteiger partial charge in [-0.3, -0.25) is 4.79 Å². The van der Waals surface area contributed by atoms with Crippen molar-refractivity contribution < 1.29 is 9.21 Å². The van der Waals surface area contributed by atoms with Crippen molar-refractivity contribution in [3.8, 4) is 0 Å². The van der Waals surface area contributed by atoms with Crippen LogP contribution in [0.5, 0.6) is 0 Å². The van der Waals surface area contributed by atoms with E-state index in [1.807, 2.05) is 24.3 Å². The molecule has 0 atom stereocenters. The van der Waals surface area contributed by atoms with E-state index in [2.05, 4.69) is 27.9 Å². The van der Waals surface area contributed by atoms with Crippen molar-refractivity contribution in [3.63, 3.8) is 0 Å². The maximum Gasteiger partial charge on any atom is 0.287 e. The Kier molecular flexibility index (Phi) is 3.25. The van der Waals surface area contributed by atoms with Crippen LogP contribution in [0.4, 0.5) is 0 Å². The van der Waals surface area contributed by atoms with Gasteiger partial charge in [0.15, 0.2) is 5.76 Å². The van der Waals surface area contributed by atoms with Gasteiger partial charge in [-0.1, -0.05) is 40.8 Å². The minimum atomic E-state index is -0.150. The molecular weight excluding hydrogens is 305 g/mol. The number of rotatable bonds is 3. The summed E-state index contributed by atoms with van der Waals surface area (Å²) in [7, 11) is 0. The molecule has 0 radical (unpaired) electrons. The van der Waals surface area contributed by atoms with E-state index in [0.717, 1.165) is 15.4 Å². The van der Waals surface area contributed by atoms with E-state index in [-0.39, 0.29) is 5.91 Å². The number of amides is 1. The zero-order valence-electron chi connectivity index (χ0n) is 8.00. The molecule has 0 aliphatic rings. The van der Waals surface area contributed by atoms with Crippen molar-refractivity contribution in [1.82, 2.24) is 5.32 Å². The topological polar surface area (TPSA) is 42.2 Å². The number of hydrogen-bond donors (Lipinski definition) is 1. The first kappa shape index (κ1) is 10.5. The molecule has 0 aliphatic carbocycles. The average Bonchev–Trinajstić information content (AvgIpc) is 2.69. The van der Waals surface area contributed by atoms with E-state index in [0.29, 0.717) is 12.3 Å². The minimum absolute atomic E-state index is 0.150. The quantitative estimate of drug-likeness (QED) is 0.699. The van der Waals surface area contributed by atoms with Crippen LogP contribution in [-0.2, 0) is 0 Å². The highest BCUT2D eigenvalue weighted by Crippen LogP contribution is 2.18. The molecule has 0 unspecified atom stereocenters. The Bertz CT molecular complexity index is 445. The number of carbonyl (C=O) groups is 1. The molecule has 3 nitrogen and oxygen atoms in total. The molecule has 0 spiro atoms. The summed E-state index contributed by atoms with van der Waals surface area (Å²) in [4.78, 5) is 11.6. The van der Waals surface area contributed by atoms with Gasteiger partial charge < -0.3 is 9.73 Å². The summed E-state index contributed by atoms with van der Waals surface area (Å²) in [6.07, 6.45) is 0. The molecule has 0 fully saturated rings. The van der Waals surface area contributed by atoms with Crippen LogP contribution in [0.15, 0.2) is 34.7 Å². The maximum atomic E-state index is 11.6. The number of halogens is 1. The Labute approximate surface area is 101 Å². The summed E-state index contributed by atoms with van der Waals surface area (Å²) in [5.41, 5.74) is 0.747. The minimum Gasteiger partial charge on any atom is -0.451 e. The molecule has 1 aromatic heterocycles. The molecule has 0 bridgehead atoms. The number of nitrogens with one attached hydrogen (secondary N) is 1. The van der Waals surface area contributed by atoms with E-state index in [4.69, 9.17) is 4.42 Å². The largest absolute Gasteiger partial charge is 0.451 e. The molecule has 1 amide bonds. The highest BCUT2D eigenvalue weighted by Gasteiger charge is 2.10. The van der Waals surface area contributed by atoms with Crippen molar-refractivity contribution in [1.29, 1.82) is 0 Å². The first-order valence-corrected chi connectivity index (χ1v) is 6.16. The summed E-state index contributed by atoms with van der Waals surface area (Å²) in [5, 5.41) is 3.73. The van der Waals surface area contributed by atoms with Gasteiger partial charge in [-0.25, -0.2) is 0 Å². The highest BCUT2D eigenvalue weighted by atomic mass is 127. The third-order valence-corrected chi connectivity index (χ3v) is 2.57.